The van der Waals surface area contributed by atoms with Crippen LogP contribution in [0.4, 0.5) is 5.69 Å². The zero-order valence-corrected chi connectivity index (χ0v) is 9.76. The Morgan fingerprint density at radius 3 is 2.88 bits per heavy atom. The Kier molecular flexibility index (Phi) is 3.46. The summed E-state index contributed by atoms with van der Waals surface area (Å²) in [6, 6.07) is 5.67. The lowest BCUT2D eigenvalue weighted by Gasteiger charge is -2.04. The molecule has 16 heavy (non-hydrogen) atoms. The first-order chi connectivity index (χ1) is 7.66. The molecule has 1 aromatic carbocycles. The van der Waals surface area contributed by atoms with Crippen molar-refractivity contribution in [2.24, 2.45) is 0 Å². The average Bonchev–Trinajstić information content (AvgIpc) is 3.06. The van der Waals surface area contributed by atoms with E-state index in [1.807, 2.05) is 0 Å². The minimum Gasteiger partial charge on any atom is -0.398 e. The molecule has 0 atom stereocenters. The summed E-state index contributed by atoms with van der Waals surface area (Å²) in [5.74, 6) is 0.108. The number of rotatable bonds is 5. The van der Waals surface area contributed by atoms with Crippen LogP contribution in [0, 0.1) is 0 Å². The fraction of sp³-hybridized carbons (Fsp3) is 0.417. The summed E-state index contributed by atoms with van der Waals surface area (Å²) in [6.07, 6.45) is 2.99. The highest BCUT2D eigenvalue weighted by Crippen LogP contribution is 2.21. The largest absolute Gasteiger partial charge is 0.398 e. The highest BCUT2D eigenvalue weighted by atomic mass is 35.5. The second-order valence-corrected chi connectivity index (χ2v) is 4.55. The molecule has 0 heterocycles. The fourth-order valence-corrected chi connectivity index (χ4v) is 1.66. The van der Waals surface area contributed by atoms with Gasteiger partial charge in [0.2, 0.25) is 0 Å². The van der Waals surface area contributed by atoms with E-state index >= 15 is 0 Å². The Bertz CT molecular complexity index is 402. The monoisotopic (exact) mass is 238 g/mol. The van der Waals surface area contributed by atoms with Crippen molar-refractivity contribution in [1.29, 1.82) is 0 Å². The second kappa shape index (κ2) is 4.85. The molecular weight excluding hydrogens is 224 g/mol. The summed E-state index contributed by atoms with van der Waals surface area (Å²) < 4.78 is 0. The Balaban J connectivity index is 1.88. The lowest BCUT2D eigenvalue weighted by molar-refractivity contribution is 0.0982. The third-order valence-corrected chi connectivity index (χ3v) is 3.02. The molecule has 1 aromatic rings. The van der Waals surface area contributed by atoms with Gasteiger partial charge in [-0.3, -0.25) is 4.79 Å². The number of hydrogen-bond donors (Lipinski definition) is 2. The van der Waals surface area contributed by atoms with E-state index in [0.29, 0.717) is 28.7 Å². The van der Waals surface area contributed by atoms with Crippen molar-refractivity contribution < 1.29 is 4.79 Å². The standard InChI is InChI=1S/C12H15ClN2O/c13-10-4-1-8(7-11(10)14)12(16)5-6-15-9-2-3-9/h1,4,7,9,15H,2-3,5-6,14H2. The van der Waals surface area contributed by atoms with Gasteiger partial charge in [-0.15, -0.1) is 0 Å². The molecule has 0 amide bonds. The van der Waals surface area contributed by atoms with Gasteiger partial charge < -0.3 is 11.1 Å². The first-order valence-electron chi connectivity index (χ1n) is 5.48. The maximum atomic E-state index is 11.8. The molecule has 1 fully saturated rings. The zero-order valence-electron chi connectivity index (χ0n) is 9.00. The number of benzene rings is 1. The van der Waals surface area contributed by atoms with Crippen molar-refractivity contribution in [2.45, 2.75) is 25.3 Å². The molecule has 1 aliphatic rings. The number of ketones is 1. The molecule has 3 N–H and O–H groups in total. The Hall–Kier alpha value is -1.06. The Morgan fingerprint density at radius 2 is 2.25 bits per heavy atom. The SMILES string of the molecule is Nc1cc(C(=O)CCNC2CC2)ccc1Cl. The van der Waals surface area contributed by atoms with Crippen molar-refractivity contribution >= 4 is 23.1 Å². The quantitative estimate of drug-likeness (QED) is 0.611. The summed E-state index contributed by atoms with van der Waals surface area (Å²) in [6.45, 7) is 0.742. The molecule has 2 rings (SSSR count). The van der Waals surface area contributed by atoms with Gasteiger partial charge in [-0.2, -0.15) is 0 Å². The molecule has 3 nitrogen and oxygen atoms in total. The lowest BCUT2D eigenvalue weighted by Crippen LogP contribution is -2.20. The number of anilines is 1. The molecule has 0 spiro atoms. The maximum absolute atomic E-state index is 11.8. The van der Waals surface area contributed by atoms with E-state index in [9.17, 15) is 4.79 Å². The van der Waals surface area contributed by atoms with Crippen LogP contribution in [0.15, 0.2) is 18.2 Å². The Labute approximate surface area is 100.0 Å². The van der Waals surface area contributed by atoms with Gasteiger partial charge in [0.1, 0.15) is 0 Å². The molecular formula is C12H15ClN2O. The van der Waals surface area contributed by atoms with Gasteiger partial charge >= 0.3 is 0 Å². The molecule has 1 saturated carbocycles. The van der Waals surface area contributed by atoms with Crippen molar-refractivity contribution in [3.63, 3.8) is 0 Å². The number of nitrogen functional groups attached to an aromatic ring is 1. The predicted octanol–water partition coefficient (Wildman–Crippen LogP) is 2.25. The molecule has 4 heteroatoms. The topological polar surface area (TPSA) is 55.1 Å². The van der Waals surface area contributed by atoms with E-state index in [2.05, 4.69) is 5.32 Å². The van der Waals surface area contributed by atoms with E-state index in [4.69, 9.17) is 17.3 Å². The highest BCUT2D eigenvalue weighted by Gasteiger charge is 2.20. The predicted molar refractivity (Wildman–Crippen MR) is 65.8 cm³/mol. The molecule has 86 valence electrons. The minimum atomic E-state index is 0.108. The fourth-order valence-electron chi connectivity index (χ4n) is 1.54. The van der Waals surface area contributed by atoms with Gasteiger partial charge in [0, 0.05) is 24.6 Å². The summed E-state index contributed by atoms with van der Waals surface area (Å²) >= 11 is 5.79. The van der Waals surface area contributed by atoms with Gasteiger partial charge in [-0.1, -0.05) is 11.6 Å². The van der Waals surface area contributed by atoms with Gasteiger partial charge in [0.15, 0.2) is 5.78 Å². The minimum absolute atomic E-state index is 0.108. The molecule has 0 bridgehead atoms. The number of halogens is 1. The average molecular weight is 239 g/mol. The first kappa shape index (κ1) is 11.4. The number of Topliss-reactive ketones (excluding diaryl/α,β-unsaturated/α-hetero) is 1. The highest BCUT2D eigenvalue weighted by molar-refractivity contribution is 6.33. The van der Waals surface area contributed by atoms with E-state index in [0.717, 1.165) is 6.54 Å². The lowest BCUT2D eigenvalue weighted by atomic mass is 10.1. The molecule has 0 saturated heterocycles. The summed E-state index contributed by atoms with van der Waals surface area (Å²) in [7, 11) is 0. The van der Waals surface area contributed by atoms with E-state index < -0.39 is 0 Å². The van der Waals surface area contributed by atoms with Crippen molar-refractivity contribution in [1.82, 2.24) is 5.32 Å². The third-order valence-electron chi connectivity index (χ3n) is 2.68. The number of carbonyl (C=O) groups is 1. The van der Waals surface area contributed by atoms with Crippen LogP contribution in [0.2, 0.25) is 5.02 Å². The van der Waals surface area contributed by atoms with Crippen LogP contribution in [-0.4, -0.2) is 18.4 Å². The van der Waals surface area contributed by atoms with Crippen LogP contribution in [0.3, 0.4) is 0 Å². The van der Waals surface area contributed by atoms with Gasteiger partial charge in [-0.05, 0) is 31.0 Å². The van der Waals surface area contributed by atoms with Crippen molar-refractivity contribution in [2.75, 3.05) is 12.3 Å². The molecule has 1 aliphatic carbocycles. The molecule has 0 radical (unpaired) electrons. The summed E-state index contributed by atoms with van der Waals surface area (Å²) in [4.78, 5) is 11.8. The van der Waals surface area contributed by atoms with Crippen LogP contribution in [0.1, 0.15) is 29.6 Å². The smallest absolute Gasteiger partial charge is 0.164 e. The van der Waals surface area contributed by atoms with Gasteiger partial charge in [0.05, 0.1) is 10.7 Å². The van der Waals surface area contributed by atoms with Gasteiger partial charge in [0.25, 0.3) is 0 Å². The number of hydrogen-bond acceptors (Lipinski definition) is 3. The number of nitrogens with one attached hydrogen (secondary N) is 1. The van der Waals surface area contributed by atoms with Crippen molar-refractivity contribution in [3.8, 4) is 0 Å². The van der Waals surface area contributed by atoms with Crippen molar-refractivity contribution in [3.05, 3.63) is 28.8 Å². The van der Waals surface area contributed by atoms with Crippen LogP contribution >= 0.6 is 11.6 Å². The third kappa shape index (κ3) is 2.97. The van der Waals surface area contributed by atoms with E-state index in [1.54, 1.807) is 18.2 Å². The summed E-state index contributed by atoms with van der Waals surface area (Å²) in [5.41, 5.74) is 6.74. The van der Waals surface area contributed by atoms with Crippen LogP contribution in [0.25, 0.3) is 0 Å². The normalized spacial score (nSPS) is 15.1. The van der Waals surface area contributed by atoms with Crippen LogP contribution < -0.4 is 11.1 Å². The molecule has 0 unspecified atom stereocenters. The van der Waals surface area contributed by atoms with E-state index in [-0.39, 0.29) is 5.78 Å². The number of carbonyl (C=O) groups excluding carboxylic acids is 1. The summed E-state index contributed by atoms with van der Waals surface area (Å²) in [5, 5.41) is 3.80. The second-order valence-electron chi connectivity index (χ2n) is 4.14. The molecule has 0 aliphatic heterocycles. The van der Waals surface area contributed by atoms with Crippen LogP contribution in [-0.2, 0) is 0 Å². The van der Waals surface area contributed by atoms with Gasteiger partial charge in [-0.25, -0.2) is 0 Å². The first-order valence-corrected chi connectivity index (χ1v) is 5.86. The zero-order chi connectivity index (χ0) is 11.5. The van der Waals surface area contributed by atoms with E-state index in [1.165, 1.54) is 12.8 Å². The number of nitrogens with two attached hydrogens (primary N) is 1. The Morgan fingerprint density at radius 1 is 1.50 bits per heavy atom. The maximum Gasteiger partial charge on any atom is 0.164 e. The molecule has 0 aromatic heterocycles. The van der Waals surface area contributed by atoms with Crippen LogP contribution in [0.5, 0.6) is 0 Å².